The average molecular weight is 403 g/mol. The van der Waals surface area contributed by atoms with Crippen molar-refractivity contribution in [3.8, 4) is 34.5 Å². The standard InChI is InChI=1S/C21H21N7O2/c1-29-21-24-8-6-16(26-21)13-4-5-17-15(9-13)20(28-27-17)18-11-23-12-19(25-18)30-14-3-2-7-22-10-14/h4-6,8-9,11-12,14,22H,2-3,7,10H2,1H3,(H,27,28)/t14-/m1/s1. The van der Waals surface area contributed by atoms with Crippen LogP contribution in [0.1, 0.15) is 12.8 Å². The molecule has 0 bridgehead atoms. The van der Waals surface area contributed by atoms with Gasteiger partial charge in [-0.1, -0.05) is 6.07 Å². The van der Waals surface area contributed by atoms with Gasteiger partial charge < -0.3 is 14.8 Å². The van der Waals surface area contributed by atoms with Gasteiger partial charge in [0.15, 0.2) is 0 Å². The molecule has 1 aromatic carbocycles. The van der Waals surface area contributed by atoms with Crippen LogP contribution in [0.3, 0.4) is 0 Å². The lowest BCUT2D eigenvalue weighted by Gasteiger charge is -2.23. The molecule has 3 aromatic heterocycles. The summed E-state index contributed by atoms with van der Waals surface area (Å²) in [6, 6.07) is 8.14. The number of hydrogen-bond donors (Lipinski definition) is 2. The van der Waals surface area contributed by atoms with Crippen LogP contribution in [0.15, 0.2) is 42.9 Å². The molecule has 0 spiro atoms. The predicted molar refractivity (Wildman–Crippen MR) is 111 cm³/mol. The Kier molecular flexibility index (Phi) is 4.94. The van der Waals surface area contributed by atoms with Gasteiger partial charge in [-0.2, -0.15) is 10.1 Å². The number of methoxy groups -OCH3 is 1. The van der Waals surface area contributed by atoms with Crippen molar-refractivity contribution >= 4 is 10.9 Å². The summed E-state index contributed by atoms with van der Waals surface area (Å²) in [5.41, 5.74) is 3.97. The molecule has 2 N–H and O–H groups in total. The number of ether oxygens (including phenoxy) is 2. The molecule has 152 valence electrons. The zero-order valence-corrected chi connectivity index (χ0v) is 16.5. The maximum Gasteiger partial charge on any atom is 0.316 e. The van der Waals surface area contributed by atoms with Crippen molar-refractivity contribution in [3.63, 3.8) is 0 Å². The van der Waals surface area contributed by atoms with Crippen molar-refractivity contribution in [2.24, 2.45) is 0 Å². The lowest BCUT2D eigenvalue weighted by molar-refractivity contribution is 0.160. The SMILES string of the molecule is COc1nccc(-c2ccc3[nH]nc(-c4cncc(O[C@@H]5CCCNC5)n4)c3c2)n1. The van der Waals surface area contributed by atoms with E-state index in [2.05, 4.69) is 35.5 Å². The quantitative estimate of drug-likeness (QED) is 0.523. The first-order valence-corrected chi connectivity index (χ1v) is 9.85. The van der Waals surface area contributed by atoms with Gasteiger partial charge in [-0.25, -0.2) is 9.97 Å². The second kappa shape index (κ2) is 8.03. The smallest absolute Gasteiger partial charge is 0.316 e. The van der Waals surface area contributed by atoms with Crippen LogP contribution in [0.25, 0.3) is 33.5 Å². The summed E-state index contributed by atoms with van der Waals surface area (Å²) < 4.78 is 11.2. The molecule has 0 radical (unpaired) electrons. The minimum atomic E-state index is 0.110. The number of H-pyrrole nitrogens is 1. The predicted octanol–water partition coefficient (Wildman–Crippen LogP) is 2.62. The highest BCUT2D eigenvalue weighted by atomic mass is 16.5. The number of nitrogens with zero attached hydrogens (tertiary/aromatic N) is 5. The molecule has 0 amide bonds. The van der Waals surface area contributed by atoms with Crippen LogP contribution in [0.2, 0.25) is 0 Å². The van der Waals surface area contributed by atoms with Gasteiger partial charge in [-0.3, -0.25) is 10.1 Å². The van der Waals surface area contributed by atoms with E-state index in [1.807, 2.05) is 24.3 Å². The zero-order valence-electron chi connectivity index (χ0n) is 16.5. The highest BCUT2D eigenvalue weighted by Gasteiger charge is 2.17. The summed E-state index contributed by atoms with van der Waals surface area (Å²) in [6.45, 7) is 1.86. The van der Waals surface area contributed by atoms with Gasteiger partial charge in [-0.15, -0.1) is 0 Å². The molecule has 1 atom stereocenters. The highest BCUT2D eigenvalue weighted by molar-refractivity contribution is 5.94. The van der Waals surface area contributed by atoms with E-state index in [-0.39, 0.29) is 6.10 Å². The van der Waals surface area contributed by atoms with Crippen molar-refractivity contribution in [1.29, 1.82) is 0 Å². The Balaban J connectivity index is 1.49. The molecule has 4 aromatic rings. The van der Waals surface area contributed by atoms with E-state index in [1.54, 1.807) is 25.7 Å². The number of benzene rings is 1. The number of piperidine rings is 1. The van der Waals surface area contributed by atoms with Crippen molar-refractivity contribution in [3.05, 3.63) is 42.9 Å². The molecule has 1 aliphatic heterocycles. The largest absolute Gasteiger partial charge is 0.472 e. The summed E-state index contributed by atoms with van der Waals surface area (Å²) in [5.74, 6) is 0.508. The zero-order chi connectivity index (χ0) is 20.3. The van der Waals surface area contributed by atoms with Crippen LogP contribution in [0.5, 0.6) is 11.9 Å². The van der Waals surface area contributed by atoms with Crippen LogP contribution >= 0.6 is 0 Å². The van der Waals surface area contributed by atoms with Crippen LogP contribution in [0.4, 0.5) is 0 Å². The third kappa shape index (κ3) is 3.67. The number of hydrogen-bond acceptors (Lipinski definition) is 8. The molecule has 30 heavy (non-hydrogen) atoms. The minimum absolute atomic E-state index is 0.110. The van der Waals surface area contributed by atoms with Gasteiger partial charge in [0, 0.05) is 23.7 Å². The first-order valence-electron chi connectivity index (χ1n) is 9.85. The number of nitrogens with one attached hydrogen (secondary N) is 2. The summed E-state index contributed by atoms with van der Waals surface area (Å²) in [7, 11) is 1.55. The Morgan fingerprint density at radius 3 is 2.93 bits per heavy atom. The van der Waals surface area contributed by atoms with Crippen molar-refractivity contribution in [2.45, 2.75) is 18.9 Å². The third-order valence-electron chi connectivity index (χ3n) is 5.07. The molecule has 5 rings (SSSR count). The van der Waals surface area contributed by atoms with E-state index < -0.39 is 0 Å². The Hall–Kier alpha value is -3.59. The van der Waals surface area contributed by atoms with Crippen LogP contribution in [-0.4, -0.2) is 56.4 Å². The summed E-state index contributed by atoms with van der Waals surface area (Å²) in [5, 5.41) is 11.8. The van der Waals surface area contributed by atoms with E-state index >= 15 is 0 Å². The first kappa shape index (κ1) is 18.4. The highest BCUT2D eigenvalue weighted by Crippen LogP contribution is 2.30. The number of aromatic nitrogens is 6. The Morgan fingerprint density at radius 1 is 1.10 bits per heavy atom. The molecule has 0 unspecified atom stereocenters. The maximum atomic E-state index is 6.02. The lowest BCUT2D eigenvalue weighted by Crippen LogP contribution is -2.37. The maximum absolute atomic E-state index is 6.02. The molecule has 4 heterocycles. The number of aromatic amines is 1. The monoisotopic (exact) mass is 403 g/mol. The second-order valence-corrected chi connectivity index (χ2v) is 7.09. The van der Waals surface area contributed by atoms with Crippen molar-refractivity contribution in [2.75, 3.05) is 20.2 Å². The lowest BCUT2D eigenvalue weighted by atomic mass is 10.1. The molecular formula is C21H21N7O2. The van der Waals surface area contributed by atoms with E-state index in [0.29, 0.717) is 23.3 Å². The molecular weight excluding hydrogens is 382 g/mol. The van der Waals surface area contributed by atoms with Crippen LogP contribution in [0, 0.1) is 0 Å². The molecule has 0 saturated carbocycles. The second-order valence-electron chi connectivity index (χ2n) is 7.09. The number of fused-ring (bicyclic) bond motifs is 1. The minimum Gasteiger partial charge on any atom is -0.472 e. The molecule has 9 heteroatoms. The summed E-state index contributed by atoms with van der Waals surface area (Å²) in [6.07, 6.45) is 7.23. The van der Waals surface area contributed by atoms with Gasteiger partial charge in [-0.05, 0) is 37.6 Å². The third-order valence-corrected chi connectivity index (χ3v) is 5.07. The normalized spacial score (nSPS) is 16.5. The molecule has 1 fully saturated rings. The number of rotatable bonds is 5. The van der Waals surface area contributed by atoms with Gasteiger partial charge in [0.1, 0.15) is 17.5 Å². The molecule has 1 saturated heterocycles. The van der Waals surface area contributed by atoms with Gasteiger partial charge >= 0.3 is 6.01 Å². The van der Waals surface area contributed by atoms with Gasteiger partial charge in [0.2, 0.25) is 5.88 Å². The Morgan fingerprint density at radius 2 is 2.07 bits per heavy atom. The van der Waals surface area contributed by atoms with E-state index in [9.17, 15) is 0 Å². The summed E-state index contributed by atoms with van der Waals surface area (Å²) in [4.78, 5) is 17.5. The Bertz CT molecular complexity index is 1170. The fourth-order valence-electron chi connectivity index (χ4n) is 3.58. The van der Waals surface area contributed by atoms with E-state index in [4.69, 9.17) is 9.47 Å². The first-order chi connectivity index (χ1) is 14.8. The Labute approximate surface area is 172 Å². The topological polar surface area (TPSA) is 111 Å². The van der Waals surface area contributed by atoms with Gasteiger partial charge in [0.25, 0.3) is 0 Å². The van der Waals surface area contributed by atoms with Crippen molar-refractivity contribution < 1.29 is 9.47 Å². The van der Waals surface area contributed by atoms with Crippen LogP contribution < -0.4 is 14.8 Å². The van der Waals surface area contributed by atoms with Crippen LogP contribution in [-0.2, 0) is 0 Å². The van der Waals surface area contributed by atoms with Crippen molar-refractivity contribution in [1.82, 2.24) is 35.5 Å². The fraction of sp³-hybridized carbons (Fsp3) is 0.286. The average Bonchev–Trinajstić information content (AvgIpc) is 3.23. The molecule has 1 aliphatic rings. The fourth-order valence-corrected chi connectivity index (χ4v) is 3.58. The van der Waals surface area contributed by atoms with Gasteiger partial charge in [0.05, 0.1) is 30.7 Å². The molecule has 0 aliphatic carbocycles. The van der Waals surface area contributed by atoms with E-state index in [1.165, 1.54) is 0 Å². The van der Waals surface area contributed by atoms with E-state index in [0.717, 1.165) is 48.1 Å². The summed E-state index contributed by atoms with van der Waals surface area (Å²) >= 11 is 0. The molecule has 9 nitrogen and oxygen atoms in total.